The lowest BCUT2D eigenvalue weighted by Crippen LogP contribution is -2.62. The molecule has 0 bridgehead atoms. The van der Waals surface area contributed by atoms with Crippen molar-refractivity contribution < 1.29 is 14.3 Å². The van der Waals surface area contributed by atoms with Gasteiger partial charge in [0.15, 0.2) is 17.5 Å². The minimum absolute atomic E-state index is 0.251. The largest absolute Gasteiger partial charge is 0.464 e. The Morgan fingerprint density at radius 3 is 2.59 bits per heavy atom. The molecule has 7 nitrogen and oxygen atoms in total. The third kappa shape index (κ3) is 5.60. The summed E-state index contributed by atoms with van der Waals surface area (Å²) in [6.07, 6.45) is 10.6. The Morgan fingerprint density at radius 1 is 1.15 bits per heavy atom. The fraction of sp³-hybridized carbons (Fsp3) is 0.545. The number of benzene rings is 1. The molecule has 2 aromatic heterocycles. The minimum atomic E-state index is -0.667. The van der Waals surface area contributed by atoms with Crippen molar-refractivity contribution in [3.8, 4) is 5.69 Å². The number of rotatable bonds is 10. The van der Waals surface area contributed by atoms with Crippen LogP contribution in [0.2, 0.25) is 0 Å². The molecule has 0 amide bonds. The second-order valence-electron chi connectivity index (χ2n) is 12.1. The lowest BCUT2D eigenvalue weighted by atomic mass is 9.58. The van der Waals surface area contributed by atoms with E-state index in [0.29, 0.717) is 30.0 Å². The number of Topliss-reactive ketones (excluding diaryl/α,β-unsaturated/α-hetero) is 1. The average molecular weight is 573 g/mol. The van der Waals surface area contributed by atoms with Crippen LogP contribution in [-0.2, 0) is 27.2 Å². The van der Waals surface area contributed by atoms with Gasteiger partial charge in [-0.1, -0.05) is 45.2 Å². The van der Waals surface area contributed by atoms with Gasteiger partial charge in [0, 0.05) is 35.7 Å². The molecular formula is C33H40N4O3S. The van der Waals surface area contributed by atoms with Gasteiger partial charge in [0.1, 0.15) is 16.6 Å². The Labute approximate surface area is 246 Å². The van der Waals surface area contributed by atoms with E-state index in [2.05, 4.69) is 47.7 Å². The van der Waals surface area contributed by atoms with Crippen LogP contribution in [0.15, 0.2) is 47.6 Å². The molecule has 2 heterocycles. The molecule has 0 radical (unpaired) electrons. The normalized spacial score (nSPS) is 21.9. The zero-order valence-corrected chi connectivity index (χ0v) is 25.2. The molecule has 1 unspecified atom stereocenters. The highest BCUT2D eigenvalue weighted by Crippen LogP contribution is 2.51. The van der Waals surface area contributed by atoms with Gasteiger partial charge < -0.3 is 4.74 Å². The van der Waals surface area contributed by atoms with Crippen LogP contribution in [0.1, 0.15) is 77.1 Å². The van der Waals surface area contributed by atoms with Gasteiger partial charge in [0.2, 0.25) is 0 Å². The summed E-state index contributed by atoms with van der Waals surface area (Å²) in [5, 5.41) is 0.0570. The van der Waals surface area contributed by atoms with E-state index in [4.69, 9.17) is 14.7 Å². The van der Waals surface area contributed by atoms with Crippen molar-refractivity contribution >= 4 is 40.4 Å². The molecule has 3 aromatic rings. The van der Waals surface area contributed by atoms with Crippen molar-refractivity contribution in [3.63, 3.8) is 0 Å². The number of imidazole rings is 1. The molecule has 1 spiro atoms. The van der Waals surface area contributed by atoms with Gasteiger partial charge in [-0.25, -0.2) is 14.8 Å². The maximum absolute atomic E-state index is 13.4. The van der Waals surface area contributed by atoms with Gasteiger partial charge in [0.25, 0.3) is 0 Å². The molecule has 0 N–H and O–H groups in total. The summed E-state index contributed by atoms with van der Waals surface area (Å²) in [5.74, 6) is 1.74. The van der Waals surface area contributed by atoms with Crippen LogP contribution >= 0.6 is 11.8 Å². The van der Waals surface area contributed by atoms with E-state index in [1.165, 1.54) is 12.8 Å². The predicted octanol–water partition coefficient (Wildman–Crippen LogP) is 6.33. The van der Waals surface area contributed by atoms with Crippen LogP contribution in [0.3, 0.4) is 0 Å². The van der Waals surface area contributed by atoms with Gasteiger partial charge in [-0.2, -0.15) is 0 Å². The topological polar surface area (TPSA) is 86.4 Å². The fourth-order valence-corrected chi connectivity index (χ4v) is 7.77. The smallest absolute Gasteiger partial charge is 0.331 e. The molecule has 0 aliphatic heterocycles. The van der Waals surface area contributed by atoms with E-state index in [0.717, 1.165) is 72.5 Å². The molecule has 1 aromatic carbocycles. The number of ether oxygens (including phenoxy) is 1. The van der Waals surface area contributed by atoms with E-state index >= 15 is 0 Å². The molecule has 3 aliphatic carbocycles. The van der Waals surface area contributed by atoms with Crippen LogP contribution in [-0.4, -0.2) is 55.1 Å². The van der Waals surface area contributed by atoms with Crippen LogP contribution in [0, 0.1) is 11.3 Å². The summed E-state index contributed by atoms with van der Waals surface area (Å²) in [6, 6.07) is 11.6. The number of carbonyl (C=O) groups is 2. The first-order valence-corrected chi connectivity index (χ1v) is 16.2. The molecule has 3 saturated carbocycles. The van der Waals surface area contributed by atoms with Crippen molar-refractivity contribution in [2.24, 2.45) is 16.3 Å². The van der Waals surface area contributed by atoms with E-state index in [1.807, 2.05) is 25.3 Å². The Morgan fingerprint density at radius 2 is 1.90 bits per heavy atom. The standard InChI is InChI=1S/C33H40N4O3S/c1-4-40-32(39)26(36-29-28(41-21(2)3)30(38)33(29)16-6-5-7-17-33)19-22-12-14-24(15-13-22)37-27(20-23-10-11-23)35-25-9-8-18-34-31(25)37/h8-9,12-15,18,21,23,26,28H,4-7,10-11,16-17,19-20H2,1-3H3/t26-,28?/m0/s1. The number of fused-ring (bicyclic) bond motifs is 1. The molecule has 41 heavy (non-hydrogen) atoms. The maximum Gasteiger partial charge on any atom is 0.331 e. The quantitative estimate of drug-likeness (QED) is 0.264. The number of nitrogens with zero attached hydrogens (tertiary/aromatic N) is 4. The highest BCUT2D eigenvalue weighted by Gasteiger charge is 2.59. The van der Waals surface area contributed by atoms with Crippen molar-refractivity contribution in [1.29, 1.82) is 0 Å². The first kappa shape index (κ1) is 28.1. The van der Waals surface area contributed by atoms with Crippen molar-refractivity contribution in [3.05, 3.63) is 54.0 Å². The summed E-state index contributed by atoms with van der Waals surface area (Å²) in [4.78, 5) is 41.3. The number of esters is 1. The first-order valence-electron chi connectivity index (χ1n) is 15.3. The Balaban J connectivity index is 1.30. The van der Waals surface area contributed by atoms with Crippen LogP contribution in [0.5, 0.6) is 0 Å². The second-order valence-corrected chi connectivity index (χ2v) is 13.8. The number of hydrogen-bond acceptors (Lipinski definition) is 7. The SMILES string of the molecule is CCOC(=O)[C@H](Cc1ccc(-n2c(CC3CC3)nc3cccnc32)cc1)N=C1C(SC(C)C)C(=O)C12CCCCC2. The Kier molecular flexibility index (Phi) is 8.03. The van der Waals surface area contributed by atoms with E-state index in [-0.39, 0.29) is 11.2 Å². The van der Waals surface area contributed by atoms with Crippen LogP contribution in [0.25, 0.3) is 16.9 Å². The summed E-state index contributed by atoms with van der Waals surface area (Å²) in [6.45, 7) is 6.35. The number of aliphatic imine (C=N–C) groups is 1. The average Bonchev–Trinajstić information content (AvgIpc) is 3.72. The monoisotopic (exact) mass is 572 g/mol. The number of carbonyl (C=O) groups excluding carboxylic acids is 2. The zero-order chi connectivity index (χ0) is 28.6. The molecule has 6 rings (SSSR count). The lowest BCUT2D eigenvalue weighted by molar-refractivity contribution is -0.144. The van der Waals surface area contributed by atoms with Crippen molar-refractivity contribution in [2.45, 2.75) is 95.1 Å². The number of thioether (sulfide) groups is 1. The van der Waals surface area contributed by atoms with Gasteiger partial charge in [-0.3, -0.25) is 14.4 Å². The van der Waals surface area contributed by atoms with Gasteiger partial charge in [-0.15, -0.1) is 11.8 Å². The molecule has 0 saturated heterocycles. The minimum Gasteiger partial charge on any atom is -0.464 e. The number of hydrogen-bond donors (Lipinski definition) is 0. The number of pyridine rings is 1. The van der Waals surface area contributed by atoms with Gasteiger partial charge in [-0.05, 0) is 68.4 Å². The van der Waals surface area contributed by atoms with Crippen molar-refractivity contribution in [2.75, 3.05) is 6.61 Å². The van der Waals surface area contributed by atoms with Crippen LogP contribution in [0.4, 0.5) is 0 Å². The number of ketones is 1. The molecule has 3 aliphatic rings. The third-order valence-electron chi connectivity index (χ3n) is 8.69. The first-order chi connectivity index (χ1) is 19.9. The summed E-state index contributed by atoms with van der Waals surface area (Å²) in [5.41, 5.74) is 4.25. The van der Waals surface area contributed by atoms with E-state index < -0.39 is 11.5 Å². The second kappa shape index (κ2) is 11.7. The third-order valence-corrected chi connectivity index (χ3v) is 9.95. The molecule has 8 heteroatoms. The summed E-state index contributed by atoms with van der Waals surface area (Å²) < 4.78 is 7.66. The van der Waals surface area contributed by atoms with Crippen LogP contribution < -0.4 is 0 Å². The van der Waals surface area contributed by atoms with Crippen molar-refractivity contribution in [1.82, 2.24) is 14.5 Å². The molecule has 3 fully saturated rings. The highest BCUT2D eigenvalue weighted by atomic mass is 32.2. The Bertz CT molecular complexity index is 1450. The van der Waals surface area contributed by atoms with E-state index in [9.17, 15) is 9.59 Å². The van der Waals surface area contributed by atoms with Gasteiger partial charge in [0.05, 0.1) is 12.0 Å². The Hall–Kier alpha value is -3.00. The molecule has 2 atom stereocenters. The fourth-order valence-electron chi connectivity index (χ4n) is 6.46. The molecule has 216 valence electrons. The zero-order valence-electron chi connectivity index (χ0n) is 24.3. The summed E-state index contributed by atoms with van der Waals surface area (Å²) in [7, 11) is 0. The highest BCUT2D eigenvalue weighted by molar-refractivity contribution is 8.02. The van der Waals surface area contributed by atoms with E-state index in [1.54, 1.807) is 11.8 Å². The lowest BCUT2D eigenvalue weighted by Gasteiger charge is -2.50. The summed E-state index contributed by atoms with van der Waals surface area (Å²) >= 11 is 1.66. The van der Waals surface area contributed by atoms with Gasteiger partial charge >= 0.3 is 5.97 Å². The number of aromatic nitrogens is 3. The predicted molar refractivity (Wildman–Crippen MR) is 164 cm³/mol. The maximum atomic E-state index is 13.4. The molecular weight excluding hydrogens is 532 g/mol.